The molecule has 0 saturated heterocycles. The number of aromatic nitrogens is 3. The van der Waals surface area contributed by atoms with Crippen molar-refractivity contribution in [1.82, 2.24) is 15.0 Å². The van der Waals surface area contributed by atoms with Gasteiger partial charge < -0.3 is 4.98 Å². The molecular weight excluding hydrogens is 354 g/mol. The second-order valence-corrected chi connectivity index (χ2v) is 5.01. The van der Waals surface area contributed by atoms with Crippen molar-refractivity contribution in [3.63, 3.8) is 0 Å². The van der Waals surface area contributed by atoms with Crippen LogP contribution in [0.2, 0.25) is 0 Å². The number of aryl methyl sites for hydroxylation is 2. The lowest BCUT2D eigenvalue weighted by Gasteiger charge is -1.97. The van der Waals surface area contributed by atoms with Gasteiger partial charge in [-0.05, 0) is 49.2 Å². The lowest BCUT2D eigenvalue weighted by Crippen LogP contribution is -1.79. The molecule has 0 fully saturated rings. The number of benzene rings is 1. The second-order valence-electron chi connectivity index (χ2n) is 5.01. The van der Waals surface area contributed by atoms with Gasteiger partial charge >= 0.3 is 0 Å². The summed E-state index contributed by atoms with van der Waals surface area (Å²) in [5.74, 6) is 0. The highest BCUT2D eigenvalue weighted by Crippen LogP contribution is 2.14. The van der Waals surface area contributed by atoms with Gasteiger partial charge in [0.1, 0.15) is 5.65 Å². The lowest BCUT2D eigenvalue weighted by atomic mass is 10.1. The number of pyridine rings is 2. The van der Waals surface area contributed by atoms with Gasteiger partial charge in [-0.25, -0.2) is 4.98 Å². The first-order chi connectivity index (χ1) is 14.3. The van der Waals surface area contributed by atoms with E-state index in [0.717, 1.165) is 11.2 Å². The minimum absolute atomic E-state index is 0.972. The molecule has 0 bridgehead atoms. The molecule has 1 aromatic carbocycles. The van der Waals surface area contributed by atoms with Gasteiger partial charge in [-0.15, -0.1) is 0 Å². The van der Waals surface area contributed by atoms with Crippen molar-refractivity contribution < 1.29 is 0 Å². The standard InChI is InChI=1S/C10H9N.C8H8N2.4C2H6/c1-8-6-7-11-10-5-3-2-4-9(8)10;1-6-2-4-9-8-7(6)3-5-10-8;4*1-2/h2-7H,1H3;2-5H,1H3,(H,9,10);4*1-2H3. The summed E-state index contributed by atoms with van der Waals surface area (Å²) in [7, 11) is 0. The van der Waals surface area contributed by atoms with Gasteiger partial charge in [0.05, 0.1) is 5.52 Å². The Hall–Kier alpha value is -2.68. The van der Waals surface area contributed by atoms with Crippen molar-refractivity contribution in [3.05, 3.63) is 72.2 Å². The minimum atomic E-state index is 0.972. The molecule has 0 aliphatic heterocycles. The Morgan fingerprint density at radius 3 is 1.66 bits per heavy atom. The van der Waals surface area contributed by atoms with E-state index in [1.165, 1.54) is 21.9 Å². The Balaban J connectivity index is 0. The van der Waals surface area contributed by atoms with Crippen LogP contribution in [0.25, 0.3) is 21.9 Å². The molecule has 3 heterocycles. The van der Waals surface area contributed by atoms with Crippen LogP contribution in [0.1, 0.15) is 66.5 Å². The number of aromatic amines is 1. The molecule has 0 unspecified atom stereocenters. The zero-order chi connectivity index (χ0) is 22.7. The third kappa shape index (κ3) is 9.38. The van der Waals surface area contributed by atoms with Crippen molar-refractivity contribution in [2.75, 3.05) is 0 Å². The zero-order valence-corrected chi connectivity index (χ0v) is 20.2. The van der Waals surface area contributed by atoms with Gasteiger partial charge in [0.2, 0.25) is 0 Å². The quantitative estimate of drug-likeness (QED) is 0.324. The number of nitrogens with one attached hydrogen (secondary N) is 1. The fourth-order valence-electron chi connectivity index (χ4n) is 2.34. The van der Waals surface area contributed by atoms with E-state index in [4.69, 9.17) is 0 Å². The number of nitrogens with zero attached hydrogens (tertiary/aromatic N) is 2. The molecular formula is C26H41N3. The van der Waals surface area contributed by atoms with Crippen LogP contribution in [0.4, 0.5) is 0 Å². The largest absolute Gasteiger partial charge is 0.346 e. The summed E-state index contributed by atoms with van der Waals surface area (Å²) in [5, 5.41) is 2.46. The van der Waals surface area contributed by atoms with E-state index in [1.54, 1.807) is 0 Å². The number of fused-ring (bicyclic) bond motifs is 2. The van der Waals surface area contributed by atoms with Crippen LogP contribution in [0.15, 0.2) is 61.1 Å². The van der Waals surface area contributed by atoms with Crippen LogP contribution in [-0.2, 0) is 0 Å². The highest BCUT2D eigenvalue weighted by atomic mass is 14.8. The molecule has 0 aliphatic carbocycles. The molecule has 3 nitrogen and oxygen atoms in total. The van der Waals surface area contributed by atoms with Gasteiger partial charge in [0.15, 0.2) is 0 Å². The average Bonchev–Trinajstić information content (AvgIpc) is 3.31. The molecule has 0 saturated carbocycles. The summed E-state index contributed by atoms with van der Waals surface area (Å²) >= 11 is 0. The fraction of sp³-hybridized carbons (Fsp3) is 0.385. The Morgan fingerprint density at radius 1 is 0.586 bits per heavy atom. The van der Waals surface area contributed by atoms with Gasteiger partial charge in [0.25, 0.3) is 0 Å². The summed E-state index contributed by atoms with van der Waals surface area (Å²) in [6, 6.07) is 14.3. The van der Waals surface area contributed by atoms with Crippen LogP contribution in [-0.4, -0.2) is 15.0 Å². The molecule has 3 heteroatoms. The van der Waals surface area contributed by atoms with Gasteiger partial charge in [-0.2, -0.15) is 0 Å². The van der Waals surface area contributed by atoms with Crippen molar-refractivity contribution in [3.8, 4) is 0 Å². The molecule has 0 amide bonds. The topological polar surface area (TPSA) is 41.6 Å². The van der Waals surface area contributed by atoms with Crippen LogP contribution >= 0.6 is 0 Å². The average molecular weight is 396 g/mol. The van der Waals surface area contributed by atoms with E-state index in [-0.39, 0.29) is 0 Å². The molecule has 4 rings (SSSR count). The summed E-state index contributed by atoms with van der Waals surface area (Å²) in [6.45, 7) is 20.2. The first-order valence-electron chi connectivity index (χ1n) is 10.9. The van der Waals surface area contributed by atoms with Crippen molar-refractivity contribution in [2.24, 2.45) is 0 Å². The SMILES string of the molecule is CC.CC.CC.CC.Cc1ccnc2[nH]ccc12.Cc1ccnc2ccccc12. The minimum Gasteiger partial charge on any atom is -0.346 e. The number of para-hydroxylation sites is 1. The van der Waals surface area contributed by atoms with E-state index < -0.39 is 0 Å². The van der Waals surface area contributed by atoms with E-state index in [1.807, 2.05) is 110 Å². The highest BCUT2D eigenvalue weighted by Gasteiger charge is 1.95. The molecule has 4 aromatic rings. The predicted octanol–water partition coefficient (Wildman–Crippen LogP) is 8.52. The first kappa shape index (κ1) is 28.5. The number of H-pyrrole nitrogens is 1. The molecule has 0 aliphatic rings. The van der Waals surface area contributed by atoms with Crippen molar-refractivity contribution in [1.29, 1.82) is 0 Å². The normalized spacial score (nSPS) is 8.34. The maximum Gasteiger partial charge on any atom is 0.137 e. The number of hydrogen-bond acceptors (Lipinski definition) is 2. The third-order valence-corrected chi connectivity index (χ3v) is 3.55. The Bertz CT molecular complexity index is 874. The van der Waals surface area contributed by atoms with E-state index in [9.17, 15) is 0 Å². The Kier molecular flexibility index (Phi) is 18.4. The summed E-state index contributed by atoms with van der Waals surface area (Å²) in [6.07, 6.45) is 5.57. The first-order valence-corrected chi connectivity index (χ1v) is 10.9. The van der Waals surface area contributed by atoms with E-state index >= 15 is 0 Å². The lowest BCUT2D eigenvalue weighted by molar-refractivity contribution is 1.31. The summed E-state index contributed by atoms with van der Waals surface area (Å²) in [4.78, 5) is 11.4. The second kappa shape index (κ2) is 18.7. The van der Waals surface area contributed by atoms with Crippen molar-refractivity contribution >= 4 is 21.9 Å². The maximum atomic E-state index is 4.24. The van der Waals surface area contributed by atoms with Gasteiger partial charge in [-0.3, -0.25) is 4.98 Å². The van der Waals surface area contributed by atoms with E-state index in [0.29, 0.717) is 0 Å². The molecule has 29 heavy (non-hydrogen) atoms. The van der Waals surface area contributed by atoms with Crippen LogP contribution < -0.4 is 0 Å². The van der Waals surface area contributed by atoms with Gasteiger partial charge in [0, 0.05) is 29.4 Å². The third-order valence-electron chi connectivity index (χ3n) is 3.55. The zero-order valence-electron chi connectivity index (χ0n) is 20.2. The number of hydrogen-bond donors (Lipinski definition) is 1. The molecule has 0 atom stereocenters. The molecule has 160 valence electrons. The fourth-order valence-corrected chi connectivity index (χ4v) is 2.34. The smallest absolute Gasteiger partial charge is 0.137 e. The summed E-state index contributed by atoms with van der Waals surface area (Å²) in [5.41, 5.74) is 4.61. The van der Waals surface area contributed by atoms with Crippen LogP contribution in [0.3, 0.4) is 0 Å². The Morgan fingerprint density at radius 2 is 1.10 bits per heavy atom. The molecule has 0 spiro atoms. The summed E-state index contributed by atoms with van der Waals surface area (Å²) < 4.78 is 0. The monoisotopic (exact) mass is 395 g/mol. The molecule has 1 N–H and O–H groups in total. The van der Waals surface area contributed by atoms with Crippen LogP contribution in [0, 0.1) is 13.8 Å². The predicted molar refractivity (Wildman–Crippen MR) is 133 cm³/mol. The van der Waals surface area contributed by atoms with Crippen LogP contribution in [0.5, 0.6) is 0 Å². The van der Waals surface area contributed by atoms with E-state index in [2.05, 4.69) is 34.9 Å². The molecule has 0 radical (unpaired) electrons. The maximum absolute atomic E-state index is 4.24. The van der Waals surface area contributed by atoms with Crippen molar-refractivity contribution in [2.45, 2.75) is 69.2 Å². The van der Waals surface area contributed by atoms with Gasteiger partial charge in [-0.1, -0.05) is 73.6 Å². The highest BCUT2D eigenvalue weighted by molar-refractivity contribution is 5.81. The number of rotatable bonds is 0. The Labute approximate surface area is 178 Å². The molecule has 3 aromatic heterocycles.